The number of urea groups is 1. The van der Waals surface area contributed by atoms with E-state index in [-0.39, 0.29) is 0 Å². The summed E-state index contributed by atoms with van der Waals surface area (Å²) in [6.45, 7) is 6.21. The van der Waals surface area contributed by atoms with Crippen LogP contribution in [0, 0.1) is 0 Å². The molecule has 126 valence electrons. The van der Waals surface area contributed by atoms with Gasteiger partial charge in [0.25, 0.3) is 0 Å². The van der Waals surface area contributed by atoms with Gasteiger partial charge in [0.15, 0.2) is 0 Å². The lowest BCUT2D eigenvalue weighted by Crippen LogP contribution is -2.54. The van der Waals surface area contributed by atoms with Crippen LogP contribution >= 0.6 is 9.24 Å². The molecule has 0 bridgehead atoms. The monoisotopic (exact) mass is 333 g/mol. The molecular formula is C12H24F4N3OP. The molecule has 2 unspecified atom stereocenters. The number of halogens is 4. The van der Waals surface area contributed by atoms with Crippen LogP contribution in [0.3, 0.4) is 0 Å². The van der Waals surface area contributed by atoms with Crippen molar-refractivity contribution in [3.8, 4) is 0 Å². The summed E-state index contributed by atoms with van der Waals surface area (Å²) < 4.78 is 48.2. The summed E-state index contributed by atoms with van der Waals surface area (Å²) in [5.74, 6) is 0. The fourth-order valence-corrected chi connectivity index (χ4v) is 1.37. The van der Waals surface area contributed by atoms with Crippen molar-refractivity contribution < 1.29 is 22.4 Å². The van der Waals surface area contributed by atoms with Crippen molar-refractivity contribution in [1.29, 1.82) is 0 Å². The van der Waals surface area contributed by atoms with E-state index in [0.717, 1.165) is 6.92 Å². The number of piperazine rings is 1. The lowest BCUT2D eigenvalue weighted by atomic mass is 10.3. The second kappa shape index (κ2) is 8.13. The molecule has 0 aromatic carbocycles. The Labute approximate surface area is 125 Å². The summed E-state index contributed by atoms with van der Waals surface area (Å²) in [5, 5.41) is 0.865. The second-order valence-corrected chi connectivity index (χ2v) is 6.94. The average Bonchev–Trinajstić information content (AvgIpc) is 2.26. The average molecular weight is 333 g/mol. The van der Waals surface area contributed by atoms with Crippen LogP contribution in [-0.2, 0) is 0 Å². The van der Waals surface area contributed by atoms with Crippen LogP contribution in [0.25, 0.3) is 0 Å². The summed E-state index contributed by atoms with van der Waals surface area (Å²) in [6.07, 6.45) is -4.39. The van der Waals surface area contributed by atoms with Gasteiger partial charge in [-0.15, -0.1) is 0 Å². The largest absolute Gasteiger partial charge is 0.408 e. The molecule has 2 atom stereocenters. The lowest BCUT2D eigenvalue weighted by Gasteiger charge is -2.33. The Hall–Kier alpha value is -0.620. The van der Waals surface area contributed by atoms with Gasteiger partial charge in [0, 0.05) is 26.2 Å². The molecule has 1 aliphatic heterocycles. The number of nitrogens with one attached hydrogen (secondary N) is 1. The normalized spacial score (nSPS) is 18.6. The van der Waals surface area contributed by atoms with Gasteiger partial charge in [0.2, 0.25) is 0 Å². The van der Waals surface area contributed by atoms with Crippen molar-refractivity contribution >= 4 is 15.3 Å². The molecule has 21 heavy (non-hydrogen) atoms. The van der Waals surface area contributed by atoms with Gasteiger partial charge in [-0.25, -0.2) is 9.18 Å². The fraction of sp³-hybridized carbons (Fsp3) is 0.917. The minimum atomic E-state index is -4.39. The molecule has 4 nitrogen and oxygen atoms in total. The Morgan fingerprint density at radius 3 is 1.86 bits per heavy atom. The van der Waals surface area contributed by atoms with Crippen LogP contribution < -0.4 is 5.32 Å². The summed E-state index contributed by atoms with van der Waals surface area (Å²) in [5.41, 5.74) is 0. The zero-order valence-electron chi connectivity index (χ0n) is 12.8. The van der Waals surface area contributed by atoms with Gasteiger partial charge in [-0.2, -0.15) is 13.2 Å². The first-order valence-corrected chi connectivity index (χ1v) is 7.17. The van der Waals surface area contributed by atoms with Crippen molar-refractivity contribution in [2.45, 2.75) is 38.4 Å². The highest BCUT2D eigenvalue weighted by molar-refractivity contribution is 7.18. The van der Waals surface area contributed by atoms with E-state index in [4.69, 9.17) is 0 Å². The zero-order valence-corrected chi connectivity index (χ0v) is 14.0. The first-order chi connectivity index (χ1) is 9.30. The zero-order chi connectivity index (χ0) is 16.8. The maximum absolute atomic E-state index is 12.2. The molecular weight excluding hydrogens is 309 g/mol. The van der Waals surface area contributed by atoms with E-state index in [1.54, 1.807) is 0 Å². The number of nitrogens with zero attached hydrogens (tertiary/aromatic N) is 2. The van der Waals surface area contributed by atoms with Gasteiger partial charge in [-0.05, 0) is 27.8 Å². The van der Waals surface area contributed by atoms with Crippen molar-refractivity contribution in [3.05, 3.63) is 0 Å². The van der Waals surface area contributed by atoms with E-state index in [2.05, 4.69) is 0 Å². The smallest absolute Gasteiger partial charge is 0.326 e. The molecule has 0 aromatic heterocycles. The number of hydrogen-bond acceptors (Lipinski definition) is 2. The van der Waals surface area contributed by atoms with E-state index in [0.29, 0.717) is 26.2 Å². The third kappa shape index (κ3) is 10.7. The highest BCUT2D eigenvalue weighted by atomic mass is 31.0. The Bertz CT molecular complexity index is 319. The number of hydrogen-bond donors (Lipinski definition) is 1. The van der Waals surface area contributed by atoms with Crippen LogP contribution in [0.1, 0.15) is 20.8 Å². The first-order valence-electron chi connectivity index (χ1n) is 6.59. The van der Waals surface area contributed by atoms with Gasteiger partial charge in [0.1, 0.15) is 11.5 Å². The van der Waals surface area contributed by atoms with E-state index in [9.17, 15) is 22.4 Å². The van der Waals surface area contributed by atoms with Crippen LogP contribution in [-0.4, -0.2) is 66.7 Å². The Balaban J connectivity index is 0.000000690. The second-order valence-electron chi connectivity index (χ2n) is 5.57. The molecule has 0 spiro atoms. The predicted molar refractivity (Wildman–Crippen MR) is 78.0 cm³/mol. The highest BCUT2D eigenvalue weighted by Gasteiger charge is 2.37. The first kappa shape index (κ1) is 20.4. The fourth-order valence-electron chi connectivity index (χ4n) is 1.37. The molecule has 0 saturated carbocycles. The molecule has 1 aliphatic rings. The van der Waals surface area contributed by atoms with Crippen LogP contribution in [0.15, 0.2) is 0 Å². The maximum Gasteiger partial charge on any atom is 0.408 e. The van der Waals surface area contributed by atoms with E-state index < -0.39 is 23.7 Å². The maximum atomic E-state index is 12.2. The van der Waals surface area contributed by atoms with Crippen molar-refractivity contribution in [1.82, 2.24) is 15.1 Å². The highest BCUT2D eigenvalue weighted by Crippen LogP contribution is 2.19. The number of likely N-dealkylation sites (N-methyl/N-ethyl adjacent to an activating group) is 1. The van der Waals surface area contributed by atoms with Gasteiger partial charge < -0.3 is 15.1 Å². The molecule has 1 fully saturated rings. The predicted octanol–water partition coefficient (Wildman–Crippen LogP) is 2.46. The minimum Gasteiger partial charge on any atom is -0.326 e. The third-order valence-corrected chi connectivity index (χ3v) is 2.62. The summed E-state index contributed by atoms with van der Waals surface area (Å²) >= 11 is 0. The minimum absolute atomic E-state index is 0.465. The van der Waals surface area contributed by atoms with Gasteiger partial charge in [0.05, 0.1) is 0 Å². The number of amides is 2. The van der Waals surface area contributed by atoms with Crippen molar-refractivity contribution in [2.75, 3.05) is 33.2 Å². The molecule has 0 radical (unpaired) electrons. The summed E-state index contributed by atoms with van der Waals surface area (Å²) in [6, 6.07) is -2.45. The lowest BCUT2D eigenvalue weighted by molar-refractivity contribution is -0.149. The van der Waals surface area contributed by atoms with E-state index >= 15 is 0 Å². The molecule has 1 saturated heterocycles. The van der Waals surface area contributed by atoms with Crippen LogP contribution in [0.2, 0.25) is 0 Å². The number of rotatable bonds is 1. The van der Waals surface area contributed by atoms with E-state index in [1.165, 1.54) is 18.7 Å². The van der Waals surface area contributed by atoms with Gasteiger partial charge in [-0.1, -0.05) is 9.24 Å². The molecule has 1 N–H and O–H groups in total. The number of alkyl halides is 4. The van der Waals surface area contributed by atoms with Gasteiger partial charge in [-0.3, -0.25) is 0 Å². The van der Waals surface area contributed by atoms with Crippen LogP contribution in [0.4, 0.5) is 22.4 Å². The standard InChI is InChI=1S/C9H16F3N3O.C3H8FP/c1-7(9(10,11)12)13-8(16)15-5-3-14(2)4-6-15;1-3(2,4)5/h7H,3-6H2,1-2H3,(H,13,16);5H2,1-2H3. The van der Waals surface area contributed by atoms with Gasteiger partial charge >= 0.3 is 12.2 Å². The topological polar surface area (TPSA) is 35.6 Å². The summed E-state index contributed by atoms with van der Waals surface area (Å²) in [4.78, 5) is 14.9. The Morgan fingerprint density at radius 2 is 1.52 bits per heavy atom. The van der Waals surface area contributed by atoms with E-state index in [1.807, 2.05) is 26.5 Å². The molecule has 9 heteroatoms. The SMILES string of the molecule is CC(C)(F)P.CC(NC(=O)N1CCN(C)CC1)C(F)(F)F. The Morgan fingerprint density at radius 1 is 1.14 bits per heavy atom. The third-order valence-electron chi connectivity index (χ3n) is 2.62. The molecule has 0 aliphatic carbocycles. The van der Waals surface area contributed by atoms with Crippen molar-refractivity contribution in [2.24, 2.45) is 0 Å². The molecule has 1 rings (SSSR count). The van der Waals surface area contributed by atoms with Crippen molar-refractivity contribution in [3.63, 3.8) is 0 Å². The summed E-state index contributed by atoms with van der Waals surface area (Å²) in [7, 11) is 3.96. The Kier molecular flexibility index (Phi) is 7.89. The number of carbonyl (C=O) groups excluding carboxylic acids is 1. The number of carbonyl (C=O) groups is 1. The molecule has 2 amide bonds. The molecule has 0 aromatic rings. The quantitative estimate of drug-likeness (QED) is 0.591. The molecule has 1 heterocycles. The van der Waals surface area contributed by atoms with Crippen LogP contribution in [0.5, 0.6) is 0 Å².